The summed E-state index contributed by atoms with van der Waals surface area (Å²) in [6, 6.07) is 0. The van der Waals surface area contributed by atoms with Gasteiger partial charge in [0.1, 0.15) is 0 Å². The standard InChI is InChI=1S/C10H14N4O2/c1-13-2-7(11)8(12-13)9(15)14-3-10(4-14)5-16-6-10/h2H,3-6,11H2,1H3. The highest BCUT2D eigenvalue weighted by Crippen LogP contribution is 2.38. The SMILES string of the molecule is Cn1cc(N)c(C(=O)N2CC3(COC3)C2)n1. The van der Waals surface area contributed by atoms with Gasteiger partial charge in [-0.25, -0.2) is 0 Å². The molecule has 2 saturated heterocycles. The van der Waals surface area contributed by atoms with Crippen molar-refractivity contribution in [3.63, 3.8) is 0 Å². The number of amides is 1. The summed E-state index contributed by atoms with van der Waals surface area (Å²) in [5.41, 5.74) is 6.75. The van der Waals surface area contributed by atoms with Gasteiger partial charge in [0.15, 0.2) is 5.69 Å². The Morgan fingerprint density at radius 3 is 2.69 bits per heavy atom. The summed E-state index contributed by atoms with van der Waals surface area (Å²) in [4.78, 5) is 13.8. The number of carbonyl (C=O) groups is 1. The van der Waals surface area contributed by atoms with Crippen LogP contribution in [0.3, 0.4) is 0 Å². The molecule has 2 aliphatic rings. The highest BCUT2D eigenvalue weighted by molar-refractivity contribution is 5.97. The molecule has 3 heterocycles. The number of likely N-dealkylation sites (tertiary alicyclic amines) is 1. The summed E-state index contributed by atoms with van der Waals surface area (Å²) in [5, 5.41) is 4.07. The number of nitrogens with two attached hydrogens (primary N) is 1. The number of hydrogen-bond acceptors (Lipinski definition) is 4. The fourth-order valence-electron chi connectivity index (χ4n) is 2.30. The predicted octanol–water partition coefficient (Wildman–Crippen LogP) is -0.525. The van der Waals surface area contributed by atoms with Crippen LogP contribution in [0, 0.1) is 5.41 Å². The Morgan fingerprint density at radius 1 is 1.56 bits per heavy atom. The maximum atomic E-state index is 12.0. The summed E-state index contributed by atoms with van der Waals surface area (Å²) in [7, 11) is 1.75. The number of aryl methyl sites for hydroxylation is 1. The molecule has 0 bridgehead atoms. The topological polar surface area (TPSA) is 73.4 Å². The van der Waals surface area contributed by atoms with Gasteiger partial charge in [-0.15, -0.1) is 0 Å². The molecule has 1 amide bonds. The van der Waals surface area contributed by atoms with Gasteiger partial charge in [-0.2, -0.15) is 5.10 Å². The molecule has 1 spiro atoms. The van der Waals surface area contributed by atoms with Crippen LogP contribution in [-0.2, 0) is 11.8 Å². The van der Waals surface area contributed by atoms with Crippen LogP contribution < -0.4 is 5.73 Å². The molecule has 3 rings (SSSR count). The van der Waals surface area contributed by atoms with Crippen LogP contribution in [0.25, 0.3) is 0 Å². The van der Waals surface area contributed by atoms with Crippen molar-refractivity contribution in [1.29, 1.82) is 0 Å². The van der Waals surface area contributed by atoms with Gasteiger partial charge in [-0.3, -0.25) is 9.48 Å². The first kappa shape index (κ1) is 9.65. The molecule has 0 atom stereocenters. The number of nitrogens with zero attached hydrogens (tertiary/aromatic N) is 3. The van der Waals surface area contributed by atoms with E-state index in [2.05, 4.69) is 5.10 Å². The Balaban J connectivity index is 1.72. The van der Waals surface area contributed by atoms with Crippen molar-refractivity contribution >= 4 is 11.6 Å². The largest absolute Gasteiger partial charge is 0.396 e. The second-order valence-corrected chi connectivity index (χ2v) is 4.76. The second-order valence-electron chi connectivity index (χ2n) is 4.76. The molecule has 2 aliphatic heterocycles. The molecular weight excluding hydrogens is 208 g/mol. The number of ether oxygens (including phenoxy) is 1. The number of rotatable bonds is 1. The Morgan fingerprint density at radius 2 is 2.25 bits per heavy atom. The van der Waals surface area contributed by atoms with Crippen LogP contribution in [0.1, 0.15) is 10.5 Å². The average Bonchev–Trinajstić information content (AvgIpc) is 2.40. The van der Waals surface area contributed by atoms with Crippen molar-refractivity contribution in [3.05, 3.63) is 11.9 Å². The number of aromatic nitrogens is 2. The summed E-state index contributed by atoms with van der Waals surface area (Å²) in [6.07, 6.45) is 1.65. The van der Waals surface area contributed by atoms with Gasteiger partial charge in [-0.1, -0.05) is 0 Å². The van der Waals surface area contributed by atoms with Crippen LogP contribution in [0.5, 0.6) is 0 Å². The maximum Gasteiger partial charge on any atom is 0.276 e. The van der Waals surface area contributed by atoms with Crippen LogP contribution in [0.4, 0.5) is 5.69 Å². The Labute approximate surface area is 93.0 Å². The van der Waals surface area contributed by atoms with E-state index in [4.69, 9.17) is 10.5 Å². The zero-order valence-electron chi connectivity index (χ0n) is 9.14. The summed E-state index contributed by atoms with van der Waals surface area (Å²) >= 11 is 0. The molecule has 2 N–H and O–H groups in total. The molecule has 6 nitrogen and oxygen atoms in total. The molecule has 2 fully saturated rings. The van der Waals surface area contributed by atoms with Gasteiger partial charge in [0.05, 0.1) is 24.3 Å². The highest BCUT2D eigenvalue weighted by atomic mass is 16.5. The molecule has 0 saturated carbocycles. The second kappa shape index (κ2) is 2.98. The first-order chi connectivity index (χ1) is 7.60. The van der Waals surface area contributed by atoms with E-state index in [9.17, 15) is 4.79 Å². The minimum atomic E-state index is -0.0735. The Bertz CT molecular complexity index is 442. The highest BCUT2D eigenvalue weighted by Gasteiger charge is 2.51. The zero-order chi connectivity index (χ0) is 11.3. The van der Waals surface area contributed by atoms with Crippen molar-refractivity contribution in [1.82, 2.24) is 14.7 Å². The smallest absolute Gasteiger partial charge is 0.276 e. The first-order valence-electron chi connectivity index (χ1n) is 5.26. The number of nitrogen functional groups attached to an aromatic ring is 1. The van der Waals surface area contributed by atoms with E-state index in [1.807, 2.05) is 0 Å². The van der Waals surface area contributed by atoms with Crippen molar-refractivity contribution in [2.45, 2.75) is 0 Å². The molecule has 16 heavy (non-hydrogen) atoms. The van der Waals surface area contributed by atoms with Crippen molar-refractivity contribution < 1.29 is 9.53 Å². The number of carbonyl (C=O) groups excluding carboxylic acids is 1. The van der Waals surface area contributed by atoms with Crippen LogP contribution in [0.2, 0.25) is 0 Å². The van der Waals surface area contributed by atoms with Crippen molar-refractivity contribution in [3.8, 4) is 0 Å². The molecule has 6 heteroatoms. The third-order valence-corrected chi connectivity index (χ3v) is 3.22. The molecule has 1 aromatic rings. The average molecular weight is 222 g/mol. The van der Waals surface area contributed by atoms with Crippen molar-refractivity contribution in [2.24, 2.45) is 12.5 Å². The maximum absolute atomic E-state index is 12.0. The monoisotopic (exact) mass is 222 g/mol. The molecular formula is C10H14N4O2. The fraction of sp³-hybridized carbons (Fsp3) is 0.600. The van der Waals surface area contributed by atoms with Gasteiger partial charge in [0, 0.05) is 26.3 Å². The first-order valence-corrected chi connectivity index (χ1v) is 5.26. The minimum Gasteiger partial charge on any atom is -0.396 e. The van der Waals surface area contributed by atoms with Crippen LogP contribution in [-0.4, -0.2) is 46.9 Å². The summed E-state index contributed by atoms with van der Waals surface area (Å²) in [5.74, 6) is -0.0735. The number of anilines is 1. The van der Waals surface area contributed by atoms with Crippen LogP contribution >= 0.6 is 0 Å². The number of hydrogen-bond donors (Lipinski definition) is 1. The summed E-state index contributed by atoms with van der Waals surface area (Å²) in [6.45, 7) is 3.08. The van der Waals surface area contributed by atoms with E-state index >= 15 is 0 Å². The third kappa shape index (κ3) is 1.23. The lowest BCUT2D eigenvalue weighted by molar-refractivity contribution is -0.176. The van der Waals surface area contributed by atoms with E-state index in [0.717, 1.165) is 26.3 Å². The lowest BCUT2D eigenvalue weighted by Crippen LogP contribution is -2.67. The lowest BCUT2D eigenvalue weighted by Gasteiger charge is -2.54. The Hall–Kier alpha value is -1.56. The lowest BCUT2D eigenvalue weighted by atomic mass is 9.78. The van der Waals surface area contributed by atoms with Gasteiger partial charge in [0.2, 0.25) is 0 Å². The Kier molecular flexibility index (Phi) is 1.79. The quantitative estimate of drug-likeness (QED) is 0.693. The van der Waals surface area contributed by atoms with Crippen LogP contribution in [0.15, 0.2) is 6.20 Å². The van der Waals surface area contributed by atoms with Gasteiger partial charge in [-0.05, 0) is 0 Å². The molecule has 1 aromatic heterocycles. The normalized spacial score (nSPS) is 21.7. The molecule has 0 aromatic carbocycles. The van der Waals surface area contributed by atoms with Gasteiger partial charge >= 0.3 is 0 Å². The summed E-state index contributed by atoms with van der Waals surface area (Å²) < 4.78 is 6.72. The van der Waals surface area contributed by atoms with E-state index in [1.54, 1.807) is 22.8 Å². The van der Waals surface area contributed by atoms with Gasteiger partial charge in [0.25, 0.3) is 5.91 Å². The molecule has 0 aliphatic carbocycles. The molecule has 86 valence electrons. The van der Waals surface area contributed by atoms with E-state index in [1.165, 1.54) is 0 Å². The molecule has 0 unspecified atom stereocenters. The van der Waals surface area contributed by atoms with E-state index in [0.29, 0.717) is 11.4 Å². The van der Waals surface area contributed by atoms with E-state index in [-0.39, 0.29) is 11.3 Å². The van der Waals surface area contributed by atoms with Crippen molar-refractivity contribution in [2.75, 3.05) is 32.0 Å². The predicted molar refractivity (Wildman–Crippen MR) is 56.8 cm³/mol. The zero-order valence-corrected chi connectivity index (χ0v) is 9.14. The molecule has 0 radical (unpaired) electrons. The minimum absolute atomic E-state index is 0.0735. The van der Waals surface area contributed by atoms with Gasteiger partial charge < -0.3 is 15.4 Å². The fourth-order valence-corrected chi connectivity index (χ4v) is 2.30. The van der Waals surface area contributed by atoms with E-state index < -0.39 is 0 Å². The third-order valence-electron chi connectivity index (χ3n) is 3.22.